The molecule has 0 spiro atoms. The zero-order chi connectivity index (χ0) is 31.3. The summed E-state index contributed by atoms with van der Waals surface area (Å²) in [5.74, 6) is -1.18. The number of methoxy groups -OCH3 is 1. The molecule has 1 aromatic heterocycles. The molecule has 1 aromatic carbocycles. The van der Waals surface area contributed by atoms with Crippen LogP contribution in [0.3, 0.4) is 0 Å². The van der Waals surface area contributed by atoms with Crippen LogP contribution in [0.2, 0.25) is 5.02 Å². The highest BCUT2D eigenvalue weighted by Crippen LogP contribution is 2.45. The van der Waals surface area contributed by atoms with Gasteiger partial charge >= 0.3 is 6.09 Å². The van der Waals surface area contributed by atoms with Crippen LogP contribution in [0, 0.1) is 5.92 Å². The number of aromatic nitrogens is 1. The van der Waals surface area contributed by atoms with Crippen LogP contribution in [0.5, 0.6) is 11.6 Å². The molecule has 2 aromatic rings. The topological polar surface area (TPSA) is 153 Å². The van der Waals surface area contributed by atoms with Gasteiger partial charge in [-0.3, -0.25) is 19.2 Å². The molecule has 2 N–H and O–H groups in total. The Balaban J connectivity index is 1.39. The maximum absolute atomic E-state index is 13.8. The van der Waals surface area contributed by atoms with Crippen molar-refractivity contribution in [2.75, 3.05) is 13.7 Å². The lowest BCUT2D eigenvalue weighted by Gasteiger charge is -2.29. The number of nitrogens with zero attached hydrogens (tertiary/aromatic N) is 2. The molecule has 5 rings (SSSR count). The van der Waals surface area contributed by atoms with Crippen LogP contribution >= 0.6 is 11.6 Å². The molecule has 0 radical (unpaired) electrons. The SMILES string of the molecule is C=C[C@@H]1C[C@]1(NC(=O)[C@H]1C[C@@H](Oc2ncc(OC)c3ccc(Cl)cc23)CN1C(=O)OC(C)(C)C)C(=O)NS(=O)(=O)C1CC1. The minimum absolute atomic E-state index is 0.0110. The van der Waals surface area contributed by atoms with E-state index in [2.05, 4.69) is 21.6 Å². The lowest BCUT2D eigenvalue weighted by atomic mass is 10.1. The number of halogens is 1. The van der Waals surface area contributed by atoms with Crippen LogP contribution in [-0.2, 0) is 24.3 Å². The van der Waals surface area contributed by atoms with Crippen molar-refractivity contribution in [3.8, 4) is 11.6 Å². The van der Waals surface area contributed by atoms with Crippen molar-refractivity contribution in [1.29, 1.82) is 0 Å². The molecule has 0 unspecified atom stereocenters. The average Bonchev–Trinajstić information content (AvgIpc) is 3.85. The normalized spacial score (nSPS) is 25.1. The fourth-order valence-electron chi connectivity index (χ4n) is 5.25. The van der Waals surface area contributed by atoms with Gasteiger partial charge in [0.1, 0.15) is 29.0 Å². The van der Waals surface area contributed by atoms with E-state index in [1.165, 1.54) is 24.3 Å². The largest absolute Gasteiger partial charge is 0.494 e. The second-order valence-electron chi connectivity index (χ2n) is 12.1. The van der Waals surface area contributed by atoms with Crippen LogP contribution in [0.4, 0.5) is 4.79 Å². The minimum Gasteiger partial charge on any atom is -0.494 e. The van der Waals surface area contributed by atoms with Crippen molar-refractivity contribution >= 4 is 50.3 Å². The summed E-state index contributed by atoms with van der Waals surface area (Å²) in [5.41, 5.74) is -2.34. The summed E-state index contributed by atoms with van der Waals surface area (Å²) >= 11 is 6.25. The van der Waals surface area contributed by atoms with Crippen molar-refractivity contribution in [3.05, 3.63) is 42.1 Å². The molecule has 4 atom stereocenters. The van der Waals surface area contributed by atoms with Gasteiger partial charge in [-0.05, 0) is 58.2 Å². The number of hydrogen-bond acceptors (Lipinski definition) is 9. The molecule has 2 heterocycles. The van der Waals surface area contributed by atoms with Gasteiger partial charge in [0, 0.05) is 28.1 Å². The van der Waals surface area contributed by atoms with Gasteiger partial charge < -0.3 is 19.5 Å². The number of carbonyl (C=O) groups excluding carboxylic acids is 3. The number of hydrogen-bond donors (Lipinski definition) is 2. The van der Waals surface area contributed by atoms with E-state index < -0.39 is 62.4 Å². The van der Waals surface area contributed by atoms with Crippen molar-refractivity contribution in [3.63, 3.8) is 0 Å². The standard InChI is InChI=1S/C29H35ClN4O8S/c1-6-16-13-29(16,26(36)33-43(38,39)19-8-9-19)32-24(35)22-12-18(15-34(22)27(37)42-28(2,3)4)41-25-21-11-17(30)7-10-20(21)23(40-5)14-31-25/h6-7,10-11,14,16,18-19,22H,1,8-9,12-13,15H2,2-5H3,(H,32,35)(H,33,36)/t16-,18-,22-,29-/m1/s1. The van der Waals surface area contributed by atoms with E-state index >= 15 is 0 Å². The van der Waals surface area contributed by atoms with Crippen LogP contribution < -0.4 is 19.5 Å². The number of carbonyl (C=O) groups is 3. The number of pyridine rings is 1. The van der Waals surface area contributed by atoms with Crippen molar-refractivity contribution in [2.24, 2.45) is 5.92 Å². The first-order valence-electron chi connectivity index (χ1n) is 14.0. The second kappa shape index (κ2) is 11.2. The summed E-state index contributed by atoms with van der Waals surface area (Å²) in [6.07, 6.45) is 2.78. The van der Waals surface area contributed by atoms with Crippen LogP contribution in [0.25, 0.3) is 10.8 Å². The Kier molecular flexibility index (Phi) is 8.01. The quantitative estimate of drug-likeness (QED) is 0.396. The number of rotatable bonds is 9. The highest BCUT2D eigenvalue weighted by atomic mass is 35.5. The molecular formula is C29H35ClN4O8S. The summed E-state index contributed by atoms with van der Waals surface area (Å²) in [4.78, 5) is 45.9. The molecule has 12 nitrogen and oxygen atoms in total. The lowest BCUT2D eigenvalue weighted by Crippen LogP contribution is -2.56. The maximum Gasteiger partial charge on any atom is 0.411 e. The number of likely N-dealkylation sites (tertiary alicyclic amines) is 1. The van der Waals surface area contributed by atoms with Gasteiger partial charge in [-0.15, -0.1) is 6.58 Å². The van der Waals surface area contributed by atoms with E-state index in [0.29, 0.717) is 34.4 Å². The maximum atomic E-state index is 13.8. The molecule has 3 fully saturated rings. The summed E-state index contributed by atoms with van der Waals surface area (Å²) in [7, 11) is -2.32. The first-order chi connectivity index (χ1) is 20.2. The van der Waals surface area contributed by atoms with Gasteiger partial charge in [0.25, 0.3) is 5.91 Å². The van der Waals surface area contributed by atoms with E-state index in [1.54, 1.807) is 39.0 Å². The Morgan fingerprint density at radius 3 is 2.53 bits per heavy atom. The fraction of sp³-hybridized carbons (Fsp3) is 0.517. The third-order valence-electron chi connectivity index (χ3n) is 7.72. The van der Waals surface area contributed by atoms with Gasteiger partial charge in [0.15, 0.2) is 0 Å². The van der Waals surface area contributed by atoms with Crippen molar-refractivity contribution < 1.29 is 37.0 Å². The van der Waals surface area contributed by atoms with Gasteiger partial charge in [0.05, 0.1) is 25.1 Å². The molecule has 2 saturated carbocycles. The average molecular weight is 635 g/mol. The molecule has 1 saturated heterocycles. The Labute approximate surface area is 255 Å². The highest BCUT2D eigenvalue weighted by Gasteiger charge is 2.62. The second-order valence-corrected chi connectivity index (χ2v) is 14.5. The van der Waals surface area contributed by atoms with Gasteiger partial charge in [0.2, 0.25) is 21.8 Å². The number of ether oxygens (including phenoxy) is 3. The Hall–Kier alpha value is -3.58. The molecular weight excluding hydrogens is 600 g/mol. The van der Waals surface area contributed by atoms with Crippen molar-refractivity contribution in [2.45, 2.75) is 75.0 Å². The first kappa shape index (κ1) is 30.9. The van der Waals surface area contributed by atoms with Gasteiger partial charge in [-0.1, -0.05) is 17.7 Å². The molecule has 0 bridgehead atoms. The van der Waals surface area contributed by atoms with Crippen LogP contribution in [0.15, 0.2) is 37.1 Å². The summed E-state index contributed by atoms with van der Waals surface area (Å²) in [6.45, 7) is 8.84. The minimum atomic E-state index is -3.84. The van der Waals surface area contributed by atoms with E-state index in [0.717, 1.165) is 0 Å². The number of benzene rings is 1. The molecule has 3 aliphatic rings. The monoisotopic (exact) mass is 634 g/mol. The Bertz CT molecular complexity index is 1590. The molecule has 1 aliphatic heterocycles. The van der Waals surface area contributed by atoms with E-state index in [9.17, 15) is 22.8 Å². The molecule has 43 heavy (non-hydrogen) atoms. The molecule has 3 amide bonds. The van der Waals surface area contributed by atoms with Crippen LogP contribution in [0.1, 0.15) is 46.5 Å². The Morgan fingerprint density at radius 2 is 1.93 bits per heavy atom. The zero-order valence-electron chi connectivity index (χ0n) is 24.4. The van der Waals surface area contributed by atoms with Crippen molar-refractivity contribution in [1.82, 2.24) is 19.9 Å². The van der Waals surface area contributed by atoms with Gasteiger partial charge in [-0.25, -0.2) is 18.2 Å². The predicted octanol–water partition coefficient (Wildman–Crippen LogP) is 3.32. The summed E-state index contributed by atoms with van der Waals surface area (Å²) in [5, 5.41) is 3.88. The summed E-state index contributed by atoms with van der Waals surface area (Å²) in [6, 6.07) is 4.10. The Morgan fingerprint density at radius 1 is 1.21 bits per heavy atom. The summed E-state index contributed by atoms with van der Waals surface area (Å²) < 4.78 is 44.3. The van der Waals surface area contributed by atoms with E-state index in [-0.39, 0.29) is 25.3 Å². The third-order valence-corrected chi connectivity index (χ3v) is 9.77. The highest BCUT2D eigenvalue weighted by molar-refractivity contribution is 7.91. The smallest absolute Gasteiger partial charge is 0.411 e. The third kappa shape index (κ3) is 6.37. The lowest BCUT2D eigenvalue weighted by molar-refractivity contribution is -0.131. The first-order valence-corrected chi connectivity index (χ1v) is 15.9. The number of sulfonamides is 1. The number of fused-ring (bicyclic) bond motifs is 1. The number of nitrogens with one attached hydrogen (secondary N) is 2. The molecule has 14 heteroatoms. The van der Waals surface area contributed by atoms with Crippen LogP contribution in [-0.4, -0.2) is 78.4 Å². The van der Waals surface area contributed by atoms with E-state index in [1.807, 2.05) is 0 Å². The molecule has 232 valence electrons. The van der Waals surface area contributed by atoms with E-state index in [4.69, 9.17) is 25.8 Å². The zero-order valence-corrected chi connectivity index (χ0v) is 26.0. The fourth-order valence-corrected chi connectivity index (χ4v) is 6.79. The number of amides is 3. The van der Waals surface area contributed by atoms with Gasteiger partial charge in [-0.2, -0.15) is 0 Å². The molecule has 2 aliphatic carbocycles. The predicted molar refractivity (Wildman–Crippen MR) is 158 cm³/mol.